The number of nitrogens with one attached hydrogen (secondary N) is 2. The van der Waals surface area contributed by atoms with E-state index in [9.17, 15) is 4.79 Å². The van der Waals surface area contributed by atoms with Gasteiger partial charge in [-0.3, -0.25) is 4.79 Å². The summed E-state index contributed by atoms with van der Waals surface area (Å²) in [6, 6.07) is 16.4. The van der Waals surface area contributed by atoms with Crippen molar-refractivity contribution in [3.8, 4) is 0 Å². The normalized spacial score (nSPS) is 12.7. The van der Waals surface area contributed by atoms with Crippen molar-refractivity contribution < 1.29 is 4.79 Å². The van der Waals surface area contributed by atoms with Crippen LogP contribution in [0.25, 0.3) is 0 Å². The van der Waals surface area contributed by atoms with E-state index in [4.69, 9.17) is 0 Å². The zero-order valence-electron chi connectivity index (χ0n) is 15.3. The summed E-state index contributed by atoms with van der Waals surface area (Å²) in [6.45, 7) is 10.9. The Kier molecular flexibility index (Phi) is 5.79. The molecule has 0 saturated carbocycles. The molecule has 0 bridgehead atoms. The van der Waals surface area contributed by atoms with Crippen LogP contribution >= 0.6 is 0 Å². The zero-order chi connectivity index (χ0) is 17.7. The second-order valence-electron chi connectivity index (χ2n) is 7.41. The molecule has 1 atom stereocenters. The lowest BCUT2D eigenvalue weighted by molar-refractivity contribution is -0.115. The Labute approximate surface area is 145 Å². The molecule has 0 aliphatic carbocycles. The van der Waals surface area contributed by atoms with E-state index in [-0.39, 0.29) is 23.9 Å². The second kappa shape index (κ2) is 7.63. The molecule has 2 aromatic carbocycles. The first-order valence-corrected chi connectivity index (χ1v) is 8.43. The molecule has 24 heavy (non-hydrogen) atoms. The van der Waals surface area contributed by atoms with Gasteiger partial charge in [-0.2, -0.15) is 0 Å². The molecule has 1 amide bonds. The van der Waals surface area contributed by atoms with Crippen molar-refractivity contribution in [3.05, 3.63) is 65.2 Å². The van der Waals surface area contributed by atoms with Crippen LogP contribution in [0.1, 0.15) is 43.5 Å². The van der Waals surface area contributed by atoms with Crippen molar-refractivity contribution in [3.63, 3.8) is 0 Å². The molecule has 0 spiro atoms. The number of aryl methyl sites for hydroxylation is 2. The first-order valence-electron chi connectivity index (χ1n) is 8.43. The second-order valence-corrected chi connectivity index (χ2v) is 7.41. The summed E-state index contributed by atoms with van der Waals surface area (Å²) in [6.07, 6.45) is 0. The van der Waals surface area contributed by atoms with Crippen LogP contribution in [0, 0.1) is 19.3 Å². The monoisotopic (exact) mass is 324 g/mol. The van der Waals surface area contributed by atoms with Crippen molar-refractivity contribution in [1.29, 1.82) is 0 Å². The first kappa shape index (κ1) is 18.2. The molecular formula is C21H28N2O. The van der Waals surface area contributed by atoms with Gasteiger partial charge in [0.05, 0.1) is 6.54 Å². The Bertz CT molecular complexity index is 666. The molecule has 2 N–H and O–H groups in total. The highest BCUT2D eigenvalue weighted by molar-refractivity contribution is 5.93. The summed E-state index contributed by atoms with van der Waals surface area (Å²) in [7, 11) is 0. The number of rotatable bonds is 5. The van der Waals surface area contributed by atoms with Crippen molar-refractivity contribution >= 4 is 11.6 Å². The topological polar surface area (TPSA) is 41.1 Å². The van der Waals surface area contributed by atoms with Crippen LogP contribution in [0.3, 0.4) is 0 Å². The number of carbonyl (C=O) groups is 1. The average molecular weight is 324 g/mol. The van der Waals surface area contributed by atoms with Gasteiger partial charge in [0, 0.05) is 11.7 Å². The summed E-state index contributed by atoms with van der Waals surface area (Å²) in [5.41, 5.74) is 4.29. The van der Waals surface area contributed by atoms with Crippen molar-refractivity contribution in [2.45, 2.75) is 40.7 Å². The van der Waals surface area contributed by atoms with Gasteiger partial charge < -0.3 is 10.6 Å². The lowest BCUT2D eigenvalue weighted by Gasteiger charge is -2.32. The third kappa shape index (κ3) is 4.68. The van der Waals surface area contributed by atoms with Gasteiger partial charge >= 0.3 is 0 Å². The Morgan fingerprint density at radius 1 is 0.958 bits per heavy atom. The maximum atomic E-state index is 12.4. The molecule has 128 valence electrons. The summed E-state index contributed by atoms with van der Waals surface area (Å²) < 4.78 is 0. The minimum Gasteiger partial charge on any atom is -0.324 e. The summed E-state index contributed by atoms with van der Waals surface area (Å²) in [4.78, 5) is 12.4. The molecule has 0 aliphatic rings. The van der Waals surface area contributed by atoms with E-state index in [1.807, 2.05) is 50.2 Å². The van der Waals surface area contributed by atoms with Crippen LogP contribution in [0.5, 0.6) is 0 Å². The highest BCUT2D eigenvalue weighted by Gasteiger charge is 2.26. The minimum atomic E-state index is -0.0161. The van der Waals surface area contributed by atoms with Crippen molar-refractivity contribution in [2.24, 2.45) is 5.41 Å². The Balaban J connectivity index is 2.06. The van der Waals surface area contributed by atoms with E-state index in [1.165, 1.54) is 5.56 Å². The lowest BCUT2D eigenvalue weighted by Crippen LogP contribution is -2.37. The van der Waals surface area contributed by atoms with Gasteiger partial charge in [0.25, 0.3) is 0 Å². The SMILES string of the molecule is Cc1cccc(C)c1NC(=O)CNC(c1ccccc1)C(C)(C)C. The van der Waals surface area contributed by atoms with Gasteiger partial charge in [-0.05, 0) is 36.0 Å². The minimum absolute atomic E-state index is 0.0141. The van der Waals surface area contributed by atoms with Crippen LogP contribution in [-0.4, -0.2) is 12.5 Å². The highest BCUT2D eigenvalue weighted by atomic mass is 16.1. The smallest absolute Gasteiger partial charge is 0.238 e. The molecule has 3 heteroatoms. The molecule has 0 saturated heterocycles. The van der Waals surface area contributed by atoms with Crippen LogP contribution in [-0.2, 0) is 4.79 Å². The number of amides is 1. The number of anilines is 1. The van der Waals surface area contributed by atoms with Crippen molar-refractivity contribution in [2.75, 3.05) is 11.9 Å². The van der Waals surface area contributed by atoms with Crippen LogP contribution < -0.4 is 10.6 Å². The largest absolute Gasteiger partial charge is 0.324 e. The fourth-order valence-corrected chi connectivity index (χ4v) is 2.96. The predicted molar refractivity (Wildman–Crippen MR) is 101 cm³/mol. The molecule has 2 aromatic rings. The summed E-state index contributed by atoms with van der Waals surface area (Å²) in [5, 5.41) is 6.46. The van der Waals surface area contributed by atoms with Crippen molar-refractivity contribution in [1.82, 2.24) is 5.32 Å². The molecule has 0 heterocycles. The average Bonchev–Trinajstić information content (AvgIpc) is 2.51. The Hall–Kier alpha value is -2.13. The van der Waals surface area contributed by atoms with Gasteiger partial charge in [0.15, 0.2) is 0 Å². The van der Waals surface area contributed by atoms with Gasteiger partial charge in [0.1, 0.15) is 0 Å². The van der Waals surface area contributed by atoms with Gasteiger partial charge in [0.2, 0.25) is 5.91 Å². The fourth-order valence-electron chi connectivity index (χ4n) is 2.96. The van der Waals surface area contributed by atoms with E-state index in [1.54, 1.807) is 0 Å². The standard InChI is InChI=1S/C21H28N2O/c1-15-10-9-11-16(2)19(15)23-18(24)14-22-20(21(3,4)5)17-12-7-6-8-13-17/h6-13,20,22H,14H2,1-5H3,(H,23,24). The molecule has 3 nitrogen and oxygen atoms in total. The maximum Gasteiger partial charge on any atom is 0.238 e. The van der Waals surface area contributed by atoms with E-state index in [2.05, 4.69) is 43.5 Å². The van der Waals surface area contributed by atoms with E-state index in [0.717, 1.165) is 16.8 Å². The van der Waals surface area contributed by atoms with E-state index in [0.29, 0.717) is 0 Å². The zero-order valence-corrected chi connectivity index (χ0v) is 15.3. The number of carbonyl (C=O) groups excluding carboxylic acids is 1. The molecule has 0 aromatic heterocycles. The molecule has 0 radical (unpaired) electrons. The van der Waals surface area contributed by atoms with Crippen LogP contribution in [0.15, 0.2) is 48.5 Å². The third-order valence-electron chi connectivity index (χ3n) is 4.21. The van der Waals surface area contributed by atoms with Crippen LogP contribution in [0.4, 0.5) is 5.69 Å². The summed E-state index contributed by atoms with van der Waals surface area (Å²) >= 11 is 0. The lowest BCUT2D eigenvalue weighted by atomic mass is 9.82. The predicted octanol–water partition coefficient (Wildman–Crippen LogP) is 4.62. The molecule has 0 fully saturated rings. The molecule has 2 rings (SSSR count). The fraction of sp³-hybridized carbons (Fsp3) is 0.381. The van der Waals surface area contributed by atoms with Gasteiger partial charge in [-0.15, -0.1) is 0 Å². The van der Waals surface area contributed by atoms with Gasteiger partial charge in [-0.25, -0.2) is 0 Å². The molecule has 1 unspecified atom stereocenters. The number of hydrogen-bond acceptors (Lipinski definition) is 2. The third-order valence-corrected chi connectivity index (χ3v) is 4.21. The Morgan fingerprint density at radius 2 is 1.54 bits per heavy atom. The van der Waals surface area contributed by atoms with E-state index >= 15 is 0 Å². The molecule has 0 aliphatic heterocycles. The number of hydrogen-bond donors (Lipinski definition) is 2. The van der Waals surface area contributed by atoms with E-state index < -0.39 is 0 Å². The summed E-state index contributed by atoms with van der Waals surface area (Å²) in [5.74, 6) is -0.0161. The molecular weight excluding hydrogens is 296 g/mol. The Morgan fingerprint density at radius 3 is 2.08 bits per heavy atom. The number of para-hydroxylation sites is 1. The van der Waals surface area contributed by atoms with Gasteiger partial charge in [-0.1, -0.05) is 69.3 Å². The maximum absolute atomic E-state index is 12.4. The highest BCUT2D eigenvalue weighted by Crippen LogP contribution is 2.32. The quantitative estimate of drug-likeness (QED) is 0.842. The first-order chi connectivity index (χ1) is 11.3. The number of benzene rings is 2. The van der Waals surface area contributed by atoms with Crippen LogP contribution in [0.2, 0.25) is 0 Å².